The highest BCUT2D eigenvalue weighted by molar-refractivity contribution is 5.97. The van der Waals surface area contributed by atoms with Crippen molar-refractivity contribution in [2.45, 2.75) is 51.9 Å². The molecule has 4 nitrogen and oxygen atoms in total. The molecule has 0 aromatic rings. The third-order valence-corrected chi connectivity index (χ3v) is 4.17. The first-order valence-corrected chi connectivity index (χ1v) is 7.43. The van der Waals surface area contributed by atoms with E-state index in [4.69, 9.17) is 0 Å². The Kier molecular flexibility index (Phi) is 6.89. The minimum absolute atomic E-state index is 0.106. The highest BCUT2D eigenvalue weighted by atomic mass is 16.5. The topological polar surface area (TPSA) is 46.6 Å². The molecule has 1 aliphatic rings. The minimum atomic E-state index is -0.638. The summed E-state index contributed by atoms with van der Waals surface area (Å²) in [6, 6.07) is 0. The summed E-state index contributed by atoms with van der Waals surface area (Å²) in [4.78, 5) is 25.4. The van der Waals surface area contributed by atoms with Gasteiger partial charge in [0.05, 0.1) is 7.11 Å². The zero-order valence-corrected chi connectivity index (χ0v) is 12.5. The molecule has 1 atom stereocenters. The van der Waals surface area contributed by atoms with Crippen molar-refractivity contribution in [3.8, 4) is 0 Å². The number of rotatable bonds is 6. The highest BCUT2D eigenvalue weighted by Crippen LogP contribution is 2.26. The maximum Gasteiger partial charge on any atom is 0.318 e. The number of hydrogen-bond acceptors (Lipinski definition) is 3. The Morgan fingerprint density at radius 1 is 1.26 bits per heavy atom. The number of carbonyl (C=O) groups excluding carboxylic acids is 2. The molecular weight excluding hydrogens is 242 g/mol. The monoisotopic (exact) mass is 269 g/mol. The predicted molar refractivity (Wildman–Crippen MR) is 74.6 cm³/mol. The summed E-state index contributed by atoms with van der Waals surface area (Å²) in [6.07, 6.45) is 8.13. The third-order valence-electron chi connectivity index (χ3n) is 4.17. The van der Waals surface area contributed by atoms with E-state index in [1.165, 1.54) is 39.2 Å². The number of hydrogen-bond donors (Lipinski definition) is 0. The van der Waals surface area contributed by atoms with Crippen molar-refractivity contribution in [3.05, 3.63) is 0 Å². The smallest absolute Gasteiger partial charge is 0.318 e. The van der Waals surface area contributed by atoms with E-state index in [-0.39, 0.29) is 5.91 Å². The number of carbonyl (C=O) groups is 2. The molecular formula is C15H27NO3. The van der Waals surface area contributed by atoms with Gasteiger partial charge in [0.25, 0.3) is 0 Å². The van der Waals surface area contributed by atoms with E-state index in [2.05, 4.69) is 4.74 Å². The molecule has 0 radical (unpaired) electrons. The number of esters is 1. The maximum atomic E-state index is 12.2. The van der Waals surface area contributed by atoms with E-state index in [1.54, 1.807) is 11.9 Å². The van der Waals surface area contributed by atoms with Crippen LogP contribution >= 0.6 is 0 Å². The summed E-state index contributed by atoms with van der Waals surface area (Å²) in [7, 11) is 3.12. The lowest BCUT2D eigenvalue weighted by molar-refractivity contribution is -0.153. The van der Waals surface area contributed by atoms with Crippen LogP contribution in [0.1, 0.15) is 51.9 Å². The van der Waals surface area contributed by atoms with Crippen LogP contribution in [0.3, 0.4) is 0 Å². The number of nitrogens with zero attached hydrogens (tertiary/aromatic N) is 1. The molecule has 0 aromatic carbocycles. The summed E-state index contributed by atoms with van der Waals surface area (Å²) in [5.41, 5.74) is 0. The third kappa shape index (κ3) is 4.84. The molecule has 1 saturated carbocycles. The van der Waals surface area contributed by atoms with Gasteiger partial charge in [-0.15, -0.1) is 0 Å². The Balaban J connectivity index is 2.40. The lowest BCUT2D eigenvalue weighted by atomic mass is 9.87. The fraction of sp³-hybridized carbons (Fsp3) is 0.867. The standard InChI is InChI=1S/C15H27NO3/c1-4-13(15(18)19-3)14(17)16(2)11-10-12-8-6-5-7-9-12/h12-13H,4-11H2,1-3H3. The Labute approximate surface area is 116 Å². The Bertz CT molecular complexity index is 298. The zero-order chi connectivity index (χ0) is 14.3. The van der Waals surface area contributed by atoms with Crippen molar-refractivity contribution < 1.29 is 14.3 Å². The van der Waals surface area contributed by atoms with E-state index in [1.807, 2.05) is 6.92 Å². The minimum Gasteiger partial charge on any atom is -0.468 e. The molecule has 0 aromatic heterocycles. The van der Waals surface area contributed by atoms with Gasteiger partial charge in [-0.25, -0.2) is 0 Å². The van der Waals surface area contributed by atoms with Crippen molar-refractivity contribution >= 4 is 11.9 Å². The first-order chi connectivity index (χ1) is 9.10. The molecule has 1 amide bonds. The lowest BCUT2D eigenvalue weighted by Crippen LogP contribution is -2.38. The van der Waals surface area contributed by atoms with Gasteiger partial charge < -0.3 is 9.64 Å². The van der Waals surface area contributed by atoms with E-state index >= 15 is 0 Å². The van der Waals surface area contributed by atoms with E-state index in [0.717, 1.165) is 18.9 Å². The first kappa shape index (κ1) is 16.0. The largest absolute Gasteiger partial charge is 0.468 e. The summed E-state index contributed by atoms with van der Waals surface area (Å²) >= 11 is 0. The maximum absolute atomic E-state index is 12.2. The number of ether oxygens (including phenoxy) is 1. The summed E-state index contributed by atoms with van der Waals surface area (Å²) in [5, 5.41) is 0. The SMILES string of the molecule is CCC(C(=O)OC)C(=O)N(C)CCC1CCCCC1. The summed E-state index contributed by atoms with van der Waals surface area (Å²) in [5.74, 6) is -0.411. The van der Waals surface area contributed by atoms with Crippen molar-refractivity contribution in [2.75, 3.05) is 20.7 Å². The van der Waals surface area contributed by atoms with E-state index in [0.29, 0.717) is 6.42 Å². The molecule has 4 heteroatoms. The zero-order valence-electron chi connectivity index (χ0n) is 12.5. The molecule has 1 aliphatic carbocycles. The Hall–Kier alpha value is -1.06. The highest BCUT2D eigenvalue weighted by Gasteiger charge is 2.28. The fourth-order valence-corrected chi connectivity index (χ4v) is 2.81. The summed E-state index contributed by atoms with van der Waals surface area (Å²) in [6.45, 7) is 2.59. The van der Waals surface area contributed by atoms with Crippen molar-refractivity contribution in [3.63, 3.8) is 0 Å². The fourth-order valence-electron chi connectivity index (χ4n) is 2.81. The second-order valence-corrected chi connectivity index (χ2v) is 5.54. The number of methoxy groups -OCH3 is 1. The molecule has 0 saturated heterocycles. The molecule has 1 fully saturated rings. The van der Waals surface area contributed by atoms with Gasteiger partial charge in [-0.3, -0.25) is 9.59 Å². The van der Waals surface area contributed by atoms with Crippen LogP contribution in [0.2, 0.25) is 0 Å². The second-order valence-electron chi connectivity index (χ2n) is 5.54. The first-order valence-electron chi connectivity index (χ1n) is 7.43. The normalized spacial score (nSPS) is 17.8. The van der Waals surface area contributed by atoms with E-state index < -0.39 is 11.9 Å². The van der Waals surface area contributed by atoms with Gasteiger partial charge in [-0.2, -0.15) is 0 Å². The Morgan fingerprint density at radius 3 is 2.42 bits per heavy atom. The van der Waals surface area contributed by atoms with Crippen LogP contribution in [-0.4, -0.2) is 37.5 Å². The average molecular weight is 269 g/mol. The van der Waals surface area contributed by atoms with Crippen molar-refractivity contribution in [2.24, 2.45) is 11.8 Å². The van der Waals surface area contributed by atoms with Crippen molar-refractivity contribution in [1.82, 2.24) is 4.90 Å². The number of amides is 1. The molecule has 0 bridgehead atoms. The summed E-state index contributed by atoms with van der Waals surface area (Å²) < 4.78 is 4.68. The second kappa shape index (κ2) is 8.18. The average Bonchev–Trinajstić information content (AvgIpc) is 2.46. The lowest BCUT2D eigenvalue weighted by Gasteiger charge is -2.26. The molecule has 110 valence electrons. The van der Waals surface area contributed by atoms with Crippen LogP contribution in [0, 0.1) is 11.8 Å². The van der Waals surface area contributed by atoms with Crippen LogP contribution in [0.15, 0.2) is 0 Å². The Morgan fingerprint density at radius 2 is 1.89 bits per heavy atom. The van der Waals surface area contributed by atoms with Gasteiger partial charge in [0.2, 0.25) is 5.91 Å². The molecule has 0 heterocycles. The molecule has 19 heavy (non-hydrogen) atoms. The van der Waals surface area contributed by atoms with E-state index in [9.17, 15) is 9.59 Å². The molecule has 1 rings (SSSR count). The molecule has 1 unspecified atom stereocenters. The predicted octanol–water partition coefficient (Wildman–Crippen LogP) is 2.61. The molecule has 0 N–H and O–H groups in total. The van der Waals surface area contributed by atoms with Gasteiger partial charge in [-0.1, -0.05) is 39.0 Å². The van der Waals surface area contributed by atoms with Crippen LogP contribution in [0.25, 0.3) is 0 Å². The van der Waals surface area contributed by atoms with Gasteiger partial charge >= 0.3 is 5.97 Å². The van der Waals surface area contributed by atoms with Gasteiger partial charge in [0.1, 0.15) is 5.92 Å². The van der Waals surface area contributed by atoms with Gasteiger partial charge in [0.15, 0.2) is 0 Å². The quantitative estimate of drug-likeness (QED) is 0.550. The van der Waals surface area contributed by atoms with Crippen LogP contribution in [0.4, 0.5) is 0 Å². The molecule has 0 spiro atoms. The van der Waals surface area contributed by atoms with Crippen LogP contribution < -0.4 is 0 Å². The van der Waals surface area contributed by atoms with Crippen LogP contribution in [-0.2, 0) is 14.3 Å². The van der Waals surface area contributed by atoms with Crippen molar-refractivity contribution in [1.29, 1.82) is 0 Å². The van der Waals surface area contributed by atoms with Crippen LogP contribution in [0.5, 0.6) is 0 Å². The molecule has 0 aliphatic heterocycles. The van der Waals surface area contributed by atoms with Gasteiger partial charge in [-0.05, 0) is 18.8 Å². The van der Waals surface area contributed by atoms with Gasteiger partial charge in [0, 0.05) is 13.6 Å².